The van der Waals surface area contributed by atoms with Crippen molar-refractivity contribution in [3.63, 3.8) is 0 Å². The number of nitrogens with one attached hydrogen (secondary N) is 1. The lowest BCUT2D eigenvalue weighted by atomic mass is 9.77. The highest BCUT2D eigenvalue weighted by Gasteiger charge is 2.34. The number of pyridine rings is 1. The fraction of sp³-hybridized carbons (Fsp3) is 0.300. The molecular formula is C30H27ClF3N3O3. The van der Waals surface area contributed by atoms with Crippen LogP contribution in [-0.4, -0.2) is 26.4 Å². The van der Waals surface area contributed by atoms with E-state index in [1.54, 1.807) is 10.5 Å². The van der Waals surface area contributed by atoms with Crippen LogP contribution in [0, 0.1) is 5.92 Å². The number of fused-ring (bicyclic) bond motifs is 1. The molecule has 1 aliphatic carbocycles. The van der Waals surface area contributed by atoms with Crippen molar-refractivity contribution in [2.45, 2.75) is 50.7 Å². The zero-order valence-corrected chi connectivity index (χ0v) is 22.2. The van der Waals surface area contributed by atoms with Crippen LogP contribution in [0.25, 0.3) is 16.8 Å². The van der Waals surface area contributed by atoms with Gasteiger partial charge in [-0.2, -0.15) is 13.2 Å². The Kier molecular flexibility index (Phi) is 7.85. The SMILES string of the molecule is O=C(O)CC1CCC(c2ccc(-c3ccc4nc(C(=O)NCc5c(Cl)cccc5C(F)(F)F)cn4c3)cc2)CC1. The van der Waals surface area contributed by atoms with Gasteiger partial charge in [-0.3, -0.25) is 9.59 Å². The van der Waals surface area contributed by atoms with Gasteiger partial charge in [0.1, 0.15) is 11.3 Å². The molecule has 208 valence electrons. The van der Waals surface area contributed by atoms with Gasteiger partial charge in [0.05, 0.1) is 5.56 Å². The molecule has 40 heavy (non-hydrogen) atoms. The number of hydrogen-bond acceptors (Lipinski definition) is 3. The fourth-order valence-electron chi connectivity index (χ4n) is 5.43. The summed E-state index contributed by atoms with van der Waals surface area (Å²) in [6.45, 7) is -0.389. The predicted molar refractivity (Wildman–Crippen MR) is 145 cm³/mol. The molecule has 0 bridgehead atoms. The van der Waals surface area contributed by atoms with E-state index >= 15 is 0 Å². The van der Waals surface area contributed by atoms with Crippen LogP contribution >= 0.6 is 11.6 Å². The van der Waals surface area contributed by atoms with Gasteiger partial charge in [0, 0.05) is 35.9 Å². The maximum absolute atomic E-state index is 13.4. The van der Waals surface area contributed by atoms with Crippen LogP contribution in [0.15, 0.2) is 67.0 Å². The van der Waals surface area contributed by atoms with E-state index in [4.69, 9.17) is 16.7 Å². The van der Waals surface area contributed by atoms with Gasteiger partial charge in [0.25, 0.3) is 5.91 Å². The van der Waals surface area contributed by atoms with Gasteiger partial charge in [-0.15, -0.1) is 0 Å². The summed E-state index contributed by atoms with van der Waals surface area (Å²) in [5, 5.41) is 11.4. The third-order valence-corrected chi connectivity index (χ3v) is 7.91. The second kappa shape index (κ2) is 11.3. The average Bonchev–Trinajstić information content (AvgIpc) is 3.35. The molecule has 2 heterocycles. The Balaban J connectivity index is 1.26. The zero-order valence-electron chi connectivity index (χ0n) is 21.4. The molecule has 1 aliphatic rings. The van der Waals surface area contributed by atoms with Gasteiger partial charge in [-0.1, -0.05) is 41.9 Å². The highest BCUT2D eigenvalue weighted by molar-refractivity contribution is 6.31. The van der Waals surface area contributed by atoms with Crippen molar-refractivity contribution in [3.8, 4) is 11.1 Å². The summed E-state index contributed by atoms with van der Waals surface area (Å²) in [6.07, 6.45) is 2.85. The van der Waals surface area contributed by atoms with Crippen LogP contribution in [0.2, 0.25) is 5.02 Å². The van der Waals surface area contributed by atoms with E-state index in [1.807, 2.05) is 24.4 Å². The van der Waals surface area contributed by atoms with Gasteiger partial charge in [-0.25, -0.2) is 4.98 Å². The van der Waals surface area contributed by atoms with Crippen molar-refractivity contribution in [1.82, 2.24) is 14.7 Å². The molecule has 2 aromatic heterocycles. The number of carbonyl (C=O) groups excluding carboxylic acids is 1. The van der Waals surface area contributed by atoms with Gasteiger partial charge >= 0.3 is 12.1 Å². The third-order valence-electron chi connectivity index (χ3n) is 7.56. The summed E-state index contributed by atoms with van der Waals surface area (Å²) in [5.41, 5.74) is 2.66. The summed E-state index contributed by atoms with van der Waals surface area (Å²) in [6, 6.07) is 15.5. The molecule has 6 nitrogen and oxygen atoms in total. The summed E-state index contributed by atoms with van der Waals surface area (Å²) in [5.74, 6) is -0.655. The van der Waals surface area contributed by atoms with Crippen LogP contribution in [-0.2, 0) is 17.5 Å². The van der Waals surface area contributed by atoms with Gasteiger partial charge < -0.3 is 14.8 Å². The number of imidazole rings is 1. The van der Waals surface area contributed by atoms with Crippen molar-refractivity contribution in [1.29, 1.82) is 0 Å². The van der Waals surface area contributed by atoms with Crippen molar-refractivity contribution >= 4 is 29.1 Å². The monoisotopic (exact) mass is 569 g/mol. The minimum Gasteiger partial charge on any atom is -0.481 e. The standard InChI is InChI=1S/C30H27ClF3N3O3/c31-25-3-1-2-24(30(32,33)34)23(25)15-35-29(40)26-17-37-16-22(12-13-27(37)36-26)21-10-8-20(9-11-21)19-6-4-18(5-7-19)14-28(38)39/h1-3,8-13,16-19H,4-7,14-15H2,(H,35,40)(H,38,39). The molecule has 1 saturated carbocycles. The first kappa shape index (κ1) is 27.7. The smallest absolute Gasteiger partial charge is 0.416 e. The summed E-state index contributed by atoms with van der Waals surface area (Å²) in [4.78, 5) is 28.0. The van der Waals surface area contributed by atoms with Crippen LogP contribution in [0.4, 0.5) is 13.2 Å². The molecule has 0 radical (unpaired) electrons. The minimum absolute atomic E-state index is 0.0756. The molecule has 10 heteroatoms. The Morgan fingerprint density at radius 3 is 2.35 bits per heavy atom. The lowest BCUT2D eigenvalue weighted by molar-refractivity contribution is -0.139. The minimum atomic E-state index is -4.59. The molecular weight excluding hydrogens is 543 g/mol. The van der Waals surface area contributed by atoms with Crippen LogP contribution in [0.3, 0.4) is 0 Å². The molecule has 1 amide bonds. The second-order valence-electron chi connectivity index (χ2n) is 10.2. The van der Waals surface area contributed by atoms with Crippen LogP contribution in [0.5, 0.6) is 0 Å². The van der Waals surface area contributed by atoms with E-state index in [1.165, 1.54) is 23.9 Å². The number of carbonyl (C=O) groups is 2. The Bertz CT molecular complexity index is 1540. The lowest BCUT2D eigenvalue weighted by Crippen LogP contribution is -2.25. The number of carboxylic acid groups (broad SMARTS) is 1. The fourth-order valence-corrected chi connectivity index (χ4v) is 5.67. The Labute approximate surface area is 233 Å². The summed E-state index contributed by atoms with van der Waals surface area (Å²) >= 11 is 5.99. The van der Waals surface area contributed by atoms with Crippen molar-refractivity contribution < 1.29 is 27.9 Å². The molecule has 5 rings (SSSR count). The lowest BCUT2D eigenvalue weighted by Gasteiger charge is -2.28. The Morgan fingerprint density at radius 1 is 0.975 bits per heavy atom. The normalized spacial score (nSPS) is 17.6. The zero-order chi connectivity index (χ0) is 28.4. The third kappa shape index (κ3) is 6.14. The van der Waals surface area contributed by atoms with E-state index in [-0.39, 0.29) is 35.2 Å². The highest BCUT2D eigenvalue weighted by Crippen LogP contribution is 2.38. The van der Waals surface area contributed by atoms with Gasteiger partial charge in [0.15, 0.2) is 0 Å². The van der Waals surface area contributed by atoms with E-state index in [9.17, 15) is 22.8 Å². The molecule has 0 atom stereocenters. The molecule has 1 fully saturated rings. The molecule has 2 aromatic carbocycles. The first-order valence-corrected chi connectivity index (χ1v) is 13.4. The number of halogens is 4. The van der Waals surface area contributed by atoms with E-state index in [2.05, 4.69) is 22.4 Å². The van der Waals surface area contributed by atoms with Crippen LogP contribution in [0.1, 0.15) is 65.2 Å². The number of aliphatic carboxylic acids is 1. The number of aromatic nitrogens is 2. The first-order valence-electron chi connectivity index (χ1n) is 13.0. The van der Waals surface area contributed by atoms with Crippen LogP contribution < -0.4 is 5.32 Å². The van der Waals surface area contributed by atoms with E-state index in [0.29, 0.717) is 11.6 Å². The number of rotatable bonds is 7. The quantitative estimate of drug-likeness (QED) is 0.244. The highest BCUT2D eigenvalue weighted by atomic mass is 35.5. The summed E-state index contributed by atoms with van der Waals surface area (Å²) in [7, 11) is 0. The van der Waals surface area contributed by atoms with Crippen molar-refractivity contribution in [2.75, 3.05) is 0 Å². The largest absolute Gasteiger partial charge is 0.481 e. The molecule has 0 aliphatic heterocycles. The number of benzene rings is 2. The Morgan fingerprint density at radius 2 is 1.68 bits per heavy atom. The maximum Gasteiger partial charge on any atom is 0.416 e. The molecule has 0 saturated heterocycles. The first-order chi connectivity index (χ1) is 19.1. The second-order valence-corrected chi connectivity index (χ2v) is 10.6. The maximum atomic E-state index is 13.4. The predicted octanol–water partition coefficient (Wildman–Crippen LogP) is 7.35. The van der Waals surface area contributed by atoms with E-state index < -0.39 is 23.6 Å². The number of alkyl halides is 3. The number of nitrogens with zero attached hydrogens (tertiary/aromatic N) is 2. The number of amides is 1. The average molecular weight is 570 g/mol. The molecule has 4 aromatic rings. The number of carboxylic acids is 1. The Hall–Kier alpha value is -3.85. The molecule has 2 N–H and O–H groups in total. The summed E-state index contributed by atoms with van der Waals surface area (Å²) < 4.78 is 41.8. The number of hydrogen-bond donors (Lipinski definition) is 2. The molecule has 0 unspecified atom stereocenters. The van der Waals surface area contributed by atoms with Gasteiger partial charge in [0.2, 0.25) is 0 Å². The van der Waals surface area contributed by atoms with Gasteiger partial charge in [-0.05, 0) is 78.5 Å². The molecule has 0 spiro atoms. The van der Waals surface area contributed by atoms with Crippen molar-refractivity contribution in [3.05, 3.63) is 94.4 Å². The van der Waals surface area contributed by atoms with Crippen molar-refractivity contribution in [2.24, 2.45) is 5.92 Å². The topological polar surface area (TPSA) is 83.7 Å². The van der Waals surface area contributed by atoms with E-state index in [0.717, 1.165) is 42.9 Å².